The maximum atomic E-state index is 6.37. The minimum atomic E-state index is -0.682. The SMILES string of the molecule is CCCSc1nc(NCc2ccccc2Cl)c2nnn([C@H]3C[C@@H](OCC)C4OC(C)(C)OC43)c2n1. The lowest BCUT2D eigenvalue weighted by atomic mass is 10.2. The number of hydrogen-bond donors (Lipinski definition) is 1. The molecule has 0 amide bonds. The zero-order valence-corrected chi connectivity index (χ0v) is 22.0. The Balaban J connectivity index is 1.50. The van der Waals surface area contributed by atoms with Crippen molar-refractivity contribution < 1.29 is 14.2 Å². The van der Waals surface area contributed by atoms with E-state index in [0.717, 1.165) is 17.7 Å². The van der Waals surface area contributed by atoms with Crippen LogP contribution in [0, 0.1) is 0 Å². The molecule has 1 saturated heterocycles. The number of benzene rings is 1. The normalized spacial score (nSPS) is 25.3. The topological polar surface area (TPSA) is 96.2 Å². The van der Waals surface area contributed by atoms with E-state index >= 15 is 0 Å². The van der Waals surface area contributed by atoms with Crippen molar-refractivity contribution in [1.82, 2.24) is 25.0 Å². The number of nitrogens with zero attached hydrogens (tertiary/aromatic N) is 5. The third kappa shape index (κ3) is 4.99. The number of thioether (sulfide) groups is 1. The molecular weight excluding hydrogens is 488 g/mol. The van der Waals surface area contributed by atoms with E-state index < -0.39 is 5.79 Å². The summed E-state index contributed by atoms with van der Waals surface area (Å²) in [6.45, 7) is 9.13. The van der Waals surface area contributed by atoms with Crippen molar-refractivity contribution >= 4 is 40.3 Å². The van der Waals surface area contributed by atoms with Crippen molar-refractivity contribution in [3.05, 3.63) is 34.9 Å². The second kappa shape index (κ2) is 10.2. The van der Waals surface area contributed by atoms with Crippen molar-refractivity contribution in [3.63, 3.8) is 0 Å². The van der Waals surface area contributed by atoms with Gasteiger partial charge in [0.25, 0.3) is 0 Å². The van der Waals surface area contributed by atoms with Crippen LogP contribution >= 0.6 is 23.4 Å². The van der Waals surface area contributed by atoms with Gasteiger partial charge in [0.15, 0.2) is 27.9 Å². The van der Waals surface area contributed by atoms with Gasteiger partial charge in [-0.15, -0.1) is 5.10 Å². The smallest absolute Gasteiger partial charge is 0.191 e. The van der Waals surface area contributed by atoms with E-state index in [0.29, 0.717) is 46.7 Å². The molecule has 1 N–H and O–H groups in total. The predicted octanol–water partition coefficient (Wildman–Crippen LogP) is 4.86. The van der Waals surface area contributed by atoms with E-state index in [4.69, 9.17) is 35.8 Å². The van der Waals surface area contributed by atoms with Gasteiger partial charge < -0.3 is 19.5 Å². The summed E-state index contributed by atoms with van der Waals surface area (Å²) in [4.78, 5) is 9.62. The zero-order chi connectivity index (χ0) is 24.6. The molecule has 0 spiro atoms. The molecule has 4 atom stereocenters. The molecule has 0 bridgehead atoms. The summed E-state index contributed by atoms with van der Waals surface area (Å²) in [5.74, 6) is 0.876. The van der Waals surface area contributed by atoms with Crippen LogP contribution in [0.15, 0.2) is 29.4 Å². The number of rotatable bonds is 9. The van der Waals surface area contributed by atoms with Crippen LogP contribution in [0.25, 0.3) is 11.2 Å². The van der Waals surface area contributed by atoms with Crippen LogP contribution in [0.5, 0.6) is 0 Å². The number of halogens is 1. The Bertz CT molecular complexity index is 1190. The molecule has 1 aliphatic carbocycles. The van der Waals surface area contributed by atoms with E-state index in [1.807, 2.05) is 49.7 Å². The first kappa shape index (κ1) is 24.7. The Morgan fingerprint density at radius 3 is 2.77 bits per heavy atom. The number of fused-ring (bicyclic) bond motifs is 2. The molecule has 5 rings (SSSR count). The maximum Gasteiger partial charge on any atom is 0.191 e. The fourth-order valence-corrected chi connectivity index (χ4v) is 5.66. The Morgan fingerprint density at radius 2 is 2.00 bits per heavy atom. The molecular formula is C24H31ClN6O3S. The average molecular weight is 519 g/mol. The second-order valence-corrected chi connectivity index (χ2v) is 10.7. The first-order chi connectivity index (χ1) is 16.9. The van der Waals surface area contributed by atoms with E-state index in [-0.39, 0.29) is 24.4 Å². The van der Waals surface area contributed by atoms with Crippen molar-refractivity contribution in [1.29, 1.82) is 0 Å². The van der Waals surface area contributed by atoms with Gasteiger partial charge in [-0.25, -0.2) is 14.6 Å². The van der Waals surface area contributed by atoms with Crippen LogP contribution in [-0.2, 0) is 20.8 Å². The second-order valence-electron chi connectivity index (χ2n) is 9.22. The molecule has 2 unspecified atom stereocenters. The molecule has 3 heterocycles. The molecule has 2 aliphatic rings. The van der Waals surface area contributed by atoms with Gasteiger partial charge in [0, 0.05) is 30.3 Å². The first-order valence-electron chi connectivity index (χ1n) is 12.1. The van der Waals surface area contributed by atoms with E-state index in [1.54, 1.807) is 11.8 Å². The third-order valence-corrected chi connectivity index (χ3v) is 7.64. The highest BCUT2D eigenvalue weighted by molar-refractivity contribution is 7.99. The summed E-state index contributed by atoms with van der Waals surface area (Å²) in [5.41, 5.74) is 2.27. The summed E-state index contributed by atoms with van der Waals surface area (Å²) in [5, 5.41) is 13.8. The van der Waals surface area contributed by atoms with Gasteiger partial charge in [-0.1, -0.05) is 53.7 Å². The molecule has 3 aromatic rings. The van der Waals surface area contributed by atoms with Gasteiger partial charge in [0.2, 0.25) is 0 Å². The summed E-state index contributed by atoms with van der Waals surface area (Å²) in [6, 6.07) is 7.64. The van der Waals surface area contributed by atoms with Gasteiger partial charge in [-0.3, -0.25) is 0 Å². The summed E-state index contributed by atoms with van der Waals surface area (Å²) < 4.78 is 20.4. The summed E-state index contributed by atoms with van der Waals surface area (Å²) >= 11 is 7.99. The van der Waals surface area contributed by atoms with Crippen LogP contribution in [0.4, 0.5) is 5.82 Å². The van der Waals surface area contributed by atoms with E-state index in [2.05, 4.69) is 22.6 Å². The molecule has 0 radical (unpaired) electrons. The highest BCUT2D eigenvalue weighted by atomic mass is 35.5. The zero-order valence-electron chi connectivity index (χ0n) is 20.4. The monoisotopic (exact) mass is 518 g/mol. The van der Waals surface area contributed by atoms with Crippen LogP contribution in [-0.4, -0.2) is 61.4 Å². The summed E-state index contributed by atoms with van der Waals surface area (Å²) in [7, 11) is 0. The Kier molecular flexibility index (Phi) is 7.18. The van der Waals surface area contributed by atoms with Crippen LogP contribution in [0.2, 0.25) is 5.02 Å². The molecule has 35 heavy (non-hydrogen) atoms. The highest BCUT2D eigenvalue weighted by Gasteiger charge is 2.56. The minimum Gasteiger partial charge on any atom is -0.376 e. The van der Waals surface area contributed by atoms with Gasteiger partial charge >= 0.3 is 0 Å². The molecule has 1 aliphatic heterocycles. The van der Waals surface area contributed by atoms with Gasteiger partial charge in [0.1, 0.15) is 12.2 Å². The van der Waals surface area contributed by atoms with Crippen LogP contribution in [0.1, 0.15) is 52.1 Å². The van der Waals surface area contributed by atoms with Crippen molar-refractivity contribution in [2.75, 3.05) is 17.7 Å². The van der Waals surface area contributed by atoms with Crippen molar-refractivity contribution in [3.8, 4) is 0 Å². The third-order valence-electron chi connectivity index (χ3n) is 6.22. The van der Waals surface area contributed by atoms with Crippen LogP contribution < -0.4 is 5.32 Å². The van der Waals surface area contributed by atoms with Gasteiger partial charge in [-0.05, 0) is 38.8 Å². The minimum absolute atomic E-state index is 0.0791. The summed E-state index contributed by atoms with van der Waals surface area (Å²) in [6.07, 6.45) is 1.29. The number of anilines is 1. The highest BCUT2D eigenvalue weighted by Crippen LogP contribution is 2.45. The number of aromatic nitrogens is 5. The molecule has 188 valence electrons. The number of hydrogen-bond acceptors (Lipinski definition) is 9. The Morgan fingerprint density at radius 1 is 1.20 bits per heavy atom. The number of nitrogens with one attached hydrogen (secondary N) is 1. The largest absolute Gasteiger partial charge is 0.376 e. The lowest BCUT2D eigenvalue weighted by Gasteiger charge is -2.23. The van der Waals surface area contributed by atoms with E-state index in [9.17, 15) is 0 Å². The lowest BCUT2D eigenvalue weighted by molar-refractivity contribution is -0.170. The molecule has 2 fully saturated rings. The Hall–Kier alpha value is -1.98. The Labute approximate surface area is 214 Å². The van der Waals surface area contributed by atoms with E-state index in [1.165, 1.54) is 0 Å². The lowest BCUT2D eigenvalue weighted by Crippen LogP contribution is -2.31. The van der Waals surface area contributed by atoms with Crippen molar-refractivity contribution in [2.24, 2.45) is 0 Å². The van der Waals surface area contributed by atoms with Crippen molar-refractivity contribution in [2.45, 2.75) is 82.4 Å². The predicted molar refractivity (Wildman–Crippen MR) is 136 cm³/mol. The average Bonchev–Trinajstić information content (AvgIpc) is 3.48. The molecule has 1 saturated carbocycles. The fraction of sp³-hybridized carbons (Fsp3) is 0.583. The number of ether oxygens (including phenoxy) is 3. The van der Waals surface area contributed by atoms with Gasteiger partial charge in [-0.2, -0.15) is 0 Å². The standard InChI is InChI=1S/C24H31ClN6O3S/c1-5-11-35-23-27-21(26-13-14-9-7-8-10-15(14)25)18-22(28-23)31(30-29-18)16-12-17(32-6-2)20-19(16)33-24(3,4)34-20/h7-10,16-17,19-20H,5-6,11-13H2,1-4H3,(H,26,27,28)/t16-,17+,19?,20?/m0/s1. The molecule has 1 aromatic carbocycles. The van der Waals surface area contributed by atoms with Gasteiger partial charge in [0.05, 0.1) is 12.1 Å². The quantitative estimate of drug-likeness (QED) is 0.314. The molecule has 2 aromatic heterocycles. The molecule has 11 heteroatoms. The maximum absolute atomic E-state index is 6.37. The fourth-order valence-electron chi connectivity index (χ4n) is 4.76. The molecule has 9 nitrogen and oxygen atoms in total. The first-order valence-corrected chi connectivity index (χ1v) is 13.5. The van der Waals surface area contributed by atoms with Crippen LogP contribution in [0.3, 0.4) is 0 Å².